The van der Waals surface area contributed by atoms with Gasteiger partial charge in [0.05, 0.1) is 4.90 Å². The fourth-order valence-corrected chi connectivity index (χ4v) is 3.07. The van der Waals surface area contributed by atoms with Crippen molar-refractivity contribution in [2.24, 2.45) is 0 Å². The third-order valence-corrected chi connectivity index (χ3v) is 4.58. The second kappa shape index (κ2) is 8.53. The number of halogens is 5. The van der Waals surface area contributed by atoms with Gasteiger partial charge in [-0.25, -0.2) is 8.42 Å². The van der Waals surface area contributed by atoms with Gasteiger partial charge in [0, 0.05) is 32.4 Å². The molecule has 0 spiro atoms. The number of sulfone groups is 1. The largest absolute Gasteiger partial charge is 0.408 e. The van der Waals surface area contributed by atoms with Gasteiger partial charge in [-0.15, -0.1) is 24.8 Å². The Labute approximate surface area is 146 Å². The Morgan fingerprint density at radius 2 is 1.57 bits per heavy atom. The molecule has 1 aromatic carbocycles. The summed E-state index contributed by atoms with van der Waals surface area (Å²) in [5.41, 5.74) is 0.0665. The van der Waals surface area contributed by atoms with Crippen LogP contribution < -0.4 is 5.32 Å². The molecule has 1 N–H and O–H groups in total. The molecule has 0 radical (unpaired) electrons. The maximum Gasteiger partial charge on any atom is 0.408 e. The van der Waals surface area contributed by atoms with E-state index in [-0.39, 0.29) is 35.3 Å². The van der Waals surface area contributed by atoms with Crippen molar-refractivity contribution in [3.8, 4) is 0 Å². The highest BCUT2D eigenvalue weighted by atomic mass is 35.5. The van der Waals surface area contributed by atoms with E-state index >= 15 is 0 Å². The molecular formula is C13H19Cl2F3N2O2S. The van der Waals surface area contributed by atoms with E-state index in [4.69, 9.17) is 0 Å². The third-order valence-electron chi connectivity index (χ3n) is 3.45. The van der Waals surface area contributed by atoms with Crippen molar-refractivity contribution >= 4 is 34.7 Å². The average Bonchev–Trinajstić information content (AvgIpc) is 2.38. The van der Waals surface area contributed by atoms with E-state index in [2.05, 4.69) is 5.32 Å². The molecule has 0 bridgehead atoms. The molecule has 23 heavy (non-hydrogen) atoms. The van der Waals surface area contributed by atoms with Crippen molar-refractivity contribution < 1.29 is 21.6 Å². The van der Waals surface area contributed by atoms with Crippen molar-refractivity contribution in [2.75, 3.05) is 32.4 Å². The SMILES string of the molecule is CS(=O)(=O)c1ccc([C@H](N2CCNCC2)C(F)(F)F)cc1.Cl.Cl. The molecule has 0 aromatic heterocycles. The van der Waals surface area contributed by atoms with Gasteiger partial charge in [-0.2, -0.15) is 13.2 Å². The topological polar surface area (TPSA) is 49.4 Å². The molecular weight excluding hydrogens is 376 g/mol. The van der Waals surface area contributed by atoms with Gasteiger partial charge in [0.1, 0.15) is 6.04 Å². The number of piperazine rings is 1. The van der Waals surface area contributed by atoms with Crippen LogP contribution in [0.2, 0.25) is 0 Å². The number of hydrogen-bond acceptors (Lipinski definition) is 4. The number of rotatable bonds is 3. The summed E-state index contributed by atoms with van der Waals surface area (Å²) in [6.07, 6.45) is -3.37. The van der Waals surface area contributed by atoms with Crippen LogP contribution in [0, 0.1) is 0 Å². The van der Waals surface area contributed by atoms with E-state index in [0.29, 0.717) is 26.2 Å². The van der Waals surface area contributed by atoms with Crippen molar-refractivity contribution in [1.29, 1.82) is 0 Å². The highest BCUT2D eigenvalue weighted by molar-refractivity contribution is 7.90. The van der Waals surface area contributed by atoms with Crippen LogP contribution in [0.3, 0.4) is 0 Å². The third kappa shape index (κ3) is 5.79. The van der Waals surface area contributed by atoms with Crippen LogP contribution in [0.15, 0.2) is 29.2 Å². The maximum absolute atomic E-state index is 13.3. The summed E-state index contributed by atoms with van der Waals surface area (Å²) in [5.74, 6) is 0. The number of nitrogens with zero attached hydrogens (tertiary/aromatic N) is 1. The first-order chi connectivity index (χ1) is 9.69. The number of benzene rings is 1. The minimum atomic E-state index is -4.40. The molecule has 1 aliphatic heterocycles. The smallest absolute Gasteiger partial charge is 0.314 e. The lowest BCUT2D eigenvalue weighted by molar-refractivity contribution is -0.187. The lowest BCUT2D eigenvalue weighted by Crippen LogP contribution is -2.49. The normalized spacial score (nSPS) is 17.7. The monoisotopic (exact) mass is 394 g/mol. The number of nitrogens with one attached hydrogen (secondary N) is 1. The summed E-state index contributed by atoms with van der Waals surface area (Å²) in [6, 6.07) is 3.25. The van der Waals surface area contributed by atoms with Crippen LogP contribution in [-0.2, 0) is 9.84 Å². The highest BCUT2D eigenvalue weighted by Crippen LogP contribution is 2.38. The van der Waals surface area contributed by atoms with E-state index in [0.717, 1.165) is 6.26 Å². The molecule has 1 aliphatic rings. The Bertz CT molecular complexity index is 588. The van der Waals surface area contributed by atoms with E-state index in [1.54, 1.807) is 0 Å². The zero-order valence-corrected chi connectivity index (χ0v) is 14.8. The molecule has 1 fully saturated rings. The summed E-state index contributed by atoms with van der Waals surface area (Å²) in [7, 11) is -3.41. The first kappa shape index (κ1) is 22.5. The zero-order chi connectivity index (χ0) is 15.7. The van der Waals surface area contributed by atoms with Gasteiger partial charge in [0.2, 0.25) is 0 Å². The lowest BCUT2D eigenvalue weighted by Gasteiger charge is -2.36. The van der Waals surface area contributed by atoms with Gasteiger partial charge in [-0.3, -0.25) is 4.90 Å². The second-order valence-corrected chi connectivity index (χ2v) is 7.09. The van der Waals surface area contributed by atoms with Crippen LogP contribution in [0.25, 0.3) is 0 Å². The van der Waals surface area contributed by atoms with E-state index in [1.807, 2.05) is 0 Å². The summed E-state index contributed by atoms with van der Waals surface area (Å²) < 4.78 is 62.8. The Morgan fingerprint density at radius 3 is 1.96 bits per heavy atom. The van der Waals surface area contributed by atoms with Gasteiger partial charge in [0.25, 0.3) is 0 Å². The van der Waals surface area contributed by atoms with Crippen LogP contribution in [-0.4, -0.2) is 51.9 Å². The van der Waals surface area contributed by atoms with Gasteiger partial charge < -0.3 is 5.32 Å². The summed E-state index contributed by atoms with van der Waals surface area (Å²) in [5, 5.41) is 3.01. The van der Waals surface area contributed by atoms with Crippen LogP contribution in [0.1, 0.15) is 11.6 Å². The average molecular weight is 395 g/mol. The Balaban J connectivity index is 0.00000242. The summed E-state index contributed by atoms with van der Waals surface area (Å²) in [4.78, 5) is 1.39. The predicted molar refractivity (Wildman–Crippen MR) is 87.3 cm³/mol. The lowest BCUT2D eigenvalue weighted by atomic mass is 10.0. The molecule has 2 rings (SSSR count). The Morgan fingerprint density at radius 1 is 1.09 bits per heavy atom. The first-order valence-corrected chi connectivity index (χ1v) is 8.40. The van der Waals surface area contributed by atoms with Crippen LogP contribution in [0.4, 0.5) is 13.2 Å². The van der Waals surface area contributed by atoms with Gasteiger partial charge >= 0.3 is 6.18 Å². The Hall–Kier alpha value is -0.540. The standard InChI is InChI=1S/C13H17F3N2O2S.2ClH/c1-21(19,20)11-4-2-10(3-5-11)12(13(14,15)16)18-8-6-17-7-9-18;;/h2-5,12,17H,6-9H2,1H3;2*1H/t12-;;/m0../s1. The van der Waals surface area contributed by atoms with Crippen molar-refractivity contribution in [1.82, 2.24) is 10.2 Å². The molecule has 1 aromatic rings. The van der Waals surface area contributed by atoms with Crippen molar-refractivity contribution in [3.63, 3.8) is 0 Å². The van der Waals surface area contributed by atoms with Gasteiger partial charge in [-0.05, 0) is 17.7 Å². The molecule has 1 atom stereocenters. The van der Waals surface area contributed by atoms with E-state index in [1.165, 1.54) is 29.2 Å². The van der Waals surface area contributed by atoms with E-state index < -0.39 is 22.1 Å². The quantitative estimate of drug-likeness (QED) is 0.855. The fraction of sp³-hybridized carbons (Fsp3) is 0.538. The minimum absolute atomic E-state index is 0. The summed E-state index contributed by atoms with van der Waals surface area (Å²) >= 11 is 0. The molecule has 0 amide bonds. The Kier molecular flexibility index (Phi) is 8.33. The highest BCUT2D eigenvalue weighted by Gasteiger charge is 2.44. The predicted octanol–water partition coefficient (Wildman–Crippen LogP) is 2.44. The number of alkyl halides is 3. The fourth-order valence-electron chi connectivity index (χ4n) is 2.44. The molecule has 1 saturated heterocycles. The molecule has 4 nitrogen and oxygen atoms in total. The van der Waals surface area contributed by atoms with Crippen LogP contribution in [0.5, 0.6) is 0 Å². The minimum Gasteiger partial charge on any atom is -0.314 e. The van der Waals surface area contributed by atoms with Crippen LogP contribution >= 0.6 is 24.8 Å². The first-order valence-electron chi connectivity index (χ1n) is 6.51. The molecule has 10 heteroatoms. The molecule has 134 valence electrons. The second-order valence-electron chi connectivity index (χ2n) is 5.07. The van der Waals surface area contributed by atoms with E-state index in [9.17, 15) is 21.6 Å². The maximum atomic E-state index is 13.3. The number of hydrogen-bond donors (Lipinski definition) is 1. The molecule has 0 saturated carbocycles. The van der Waals surface area contributed by atoms with Gasteiger partial charge in [-0.1, -0.05) is 12.1 Å². The van der Waals surface area contributed by atoms with Crippen molar-refractivity contribution in [2.45, 2.75) is 17.1 Å². The summed E-state index contributed by atoms with van der Waals surface area (Å²) in [6.45, 7) is 1.62. The van der Waals surface area contributed by atoms with Crippen molar-refractivity contribution in [3.05, 3.63) is 29.8 Å². The molecule has 0 aliphatic carbocycles. The zero-order valence-electron chi connectivity index (χ0n) is 12.3. The van der Waals surface area contributed by atoms with Gasteiger partial charge in [0.15, 0.2) is 9.84 Å². The molecule has 0 unspecified atom stereocenters. The molecule has 1 heterocycles.